The highest BCUT2D eigenvalue weighted by Gasteiger charge is 2.27. The number of morpholine rings is 1. The summed E-state index contributed by atoms with van der Waals surface area (Å²) < 4.78 is 7.60. The number of aromatic amines is 1. The number of rotatable bonds is 22. The van der Waals surface area contributed by atoms with Crippen molar-refractivity contribution in [3.8, 4) is 0 Å². The Morgan fingerprint density at radius 1 is 0.387 bits per heavy atom. The standard InChI is InChI=1S/C25H25N7.C21H22N10.C19H21ClN10.C19H25N11O/c1-3-7-20(8-4-1)15-22-17-26-24(27-18-22)31-11-13-32(14-12-31)25-29-19-28-23(30-25)16-21-9-5-2-6-10-21;1-2-4-16(5-3-1)12-17-13-22-20(23-14-17)30-8-10-31(11-9-30)21-25-15-24-19(28-21)27-18-6-7-26-29-18;20-17-22-11-16(27-28-17)29-5-7-30(8-6-29)19-24-12-23-18(26-19)25-15-2-1-13-3-4-21-10-14(13)9-15;1-2-21-18(22-3-1)28-5-7-29(8-6-28)19-24-14-23-17(27-19)26-15-10-25-30(12-15)13-16-11-20-4-9-31-16/h1-10,17-19H,11-16H2;1-7,13-15H,8-12H2,(H2,24,25,26,27,28,29);1-2,9,11-12,21H,3-8,10H2,(H,23,24,25,26);1-3,10,12,14,16,20H,4-9,11,13H2,(H,23,24,26,27)/t;;;16-/m...0/s1. The Kier molecular flexibility index (Phi) is 27.2. The number of benzene rings is 4. The number of nitrogens with one attached hydrogen (secondary N) is 6. The molecule has 0 bridgehead atoms. The molecular weight excluding hydrogens is 1590 g/mol. The summed E-state index contributed by atoms with van der Waals surface area (Å²) in [6.07, 6.45) is 28.0. The van der Waals surface area contributed by atoms with Crippen molar-refractivity contribution in [2.24, 2.45) is 0 Å². The minimum absolute atomic E-state index is 0.130. The number of hydrogen-bond acceptors (Lipinski definition) is 37. The lowest BCUT2D eigenvalue weighted by molar-refractivity contribution is 0.0161. The molecule has 5 saturated heterocycles. The third-order valence-electron chi connectivity index (χ3n) is 21.3. The van der Waals surface area contributed by atoms with E-state index in [0.717, 1.165) is 221 Å². The molecule has 0 amide bonds. The van der Waals surface area contributed by atoms with Gasteiger partial charge < -0.3 is 70.5 Å². The Labute approximate surface area is 720 Å². The van der Waals surface area contributed by atoms with Crippen LogP contribution in [0.1, 0.15) is 44.8 Å². The molecule has 39 nitrogen and oxygen atoms in total. The summed E-state index contributed by atoms with van der Waals surface area (Å²) in [5.41, 5.74) is 10.5. The van der Waals surface area contributed by atoms with Gasteiger partial charge in [-0.05, 0) is 81.7 Å². The van der Waals surface area contributed by atoms with Crippen LogP contribution in [0.3, 0.4) is 0 Å². The van der Waals surface area contributed by atoms with Gasteiger partial charge in [0, 0.05) is 199 Å². The predicted molar refractivity (Wildman–Crippen MR) is 471 cm³/mol. The highest BCUT2D eigenvalue weighted by atomic mass is 35.5. The molecule has 0 saturated carbocycles. The summed E-state index contributed by atoms with van der Waals surface area (Å²) in [6.45, 7) is 17.8. The molecule has 1 atom stereocenters. The fraction of sp³-hybridized carbons (Fsp3) is 0.321. The lowest BCUT2D eigenvalue weighted by Crippen LogP contribution is -2.47. The second-order valence-electron chi connectivity index (χ2n) is 29.7. The summed E-state index contributed by atoms with van der Waals surface area (Å²) in [5, 5.41) is 35.5. The Morgan fingerprint density at radius 2 is 0.871 bits per heavy atom. The van der Waals surface area contributed by atoms with Crippen LogP contribution in [0.4, 0.5) is 82.5 Å². The average molecular weight is 1690 g/mol. The predicted octanol–water partition coefficient (Wildman–Crippen LogP) is 6.56. The zero-order valence-corrected chi connectivity index (χ0v) is 68.9. The third-order valence-corrected chi connectivity index (χ3v) is 21.4. The zero-order chi connectivity index (χ0) is 83.7. The number of fused-ring (bicyclic) bond motifs is 1. The maximum absolute atomic E-state index is 5.73. The van der Waals surface area contributed by atoms with Gasteiger partial charge in [0.05, 0.1) is 43.5 Å². The molecule has 14 aromatic rings. The van der Waals surface area contributed by atoms with Crippen molar-refractivity contribution in [2.75, 3.05) is 186 Å². The molecule has 10 aromatic heterocycles. The van der Waals surface area contributed by atoms with Gasteiger partial charge in [0.15, 0.2) is 5.82 Å². The van der Waals surface area contributed by atoms with E-state index in [1.54, 1.807) is 43.6 Å². The van der Waals surface area contributed by atoms with E-state index in [0.29, 0.717) is 48.7 Å². The number of piperazine rings is 4. The monoisotopic (exact) mass is 1680 g/mol. The van der Waals surface area contributed by atoms with Crippen molar-refractivity contribution in [2.45, 2.75) is 44.9 Å². The molecule has 20 rings (SSSR count). The van der Waals surface area contributed by atoms with Crippen LogP contribution in [0.2, 0.25) is 5.28 Å². The average Bonchev–Trinajstić information content (AvgIpc) is 1.04. The molecule has 4 aromatic carbocycles. The second kappa shape index (κ2) is 41.2. The minimum atomic E-state index is 0.130. The van der Waals surface area contributed by atoms with Gasteiger partial charge >= 0.3 is 0 Å². The molecule has 124 heavy (non-hydrogen) atoms. The number of H-pyrrole nitrogens is 1. The molecular formula is C84H93ClN38O. The van der Waals surface area contributed by atoms with Crippen LogP contribution < -0.4 is 65.8 Å². The molecule has 0 spiro atoms. The van der Waals surface area contributed by atoms with Gasteiger partial charge in [-0.3, -0.25) is 9.78 Å². The zero-order valence-electron chi connectivity index (χ0n) is 68.2. The number of halogens is 1. The molecule has 16 heterocycles. The van der Waals surface area contributed by atoms with E-state index in [4.69, 9.17) is 21.3 Å². The normalized spacial score (nSPS) is 15.9. The molecule has 0 radical (unpaired) electrons. The summed E-state index contributed by atoms with van der Waals surface area (Å²) in [7, 11) is 0. The van der Waals surface area contributed by atoms with Crippen molar-refractivity contribution in [1.29, 1.82) is 0 Å². The summed E-state index contributed by atoms with van der Waals surface area (Å²) in [4.78, 5) is 101. The molecule has 6 aliphatic heterocycles. The van der Waals surface area contributed by atoms with E-state index in [1.807, 2.05) is 90.3 Å². The SMILES string of the molecule is Clc1ncc(N2CCN(c3ncnc(Nc4ccc5c(c4)CNCC5)n3)CC2)nn1.c1ccc(Cc2cnc(N3CCN(c4ncnc(Cc5ccccc5)n4)CC3)nc2)cc1.c1ccc(Cc2cnc(N3CCN(c4ncnc(Nc5ccn[nH]5)n4)CC3)nc2)cc1.c1cnc(N2CCN(c3ncnc(Nc4cnn(C[C@@H]5CNCCO5)c4)n3)CC2)nc1. The largest absolute Gasteiger partial charge is 0.374 e. The Bertz CT molecular complexity index is 5590. The van der Waals surface area contributed by atoms with Crippen LogP contribution in [0.25, 0.3) is 0 Å². The van der Waals surface area contributed by atoms with Crippen LogP contribution in [0.5, 0.6) is 0 Å². The number of hydrogen-bond donors (Lipinski definition) is 6. The van der Waals surface area contributed by atoms with Crippen LogP contribution >= 0.6 is 11.6 Å². The number of aromatic nitrogens is 25. The number of anilines is 14. The Hall–Kier alpha value is -14.4. The van der Waals surface area contributed by atoms with Crippen LogP contribution in [-0.2, 0) is 43.5 Å². The Morgan fingerprint density at radius 3 is 1.37 bits per heavy atom. The van der Waals surface area contributed by atoms with E-state index in [2.05, 4.69) is 248 Å². The van der Waals surface area contributed by atoms with Crippen LogP contribution in [0.15, 0.2) is 209 Å². The van der Waals surface area contributed by atoms with Gasteiger partial charge in [-0.25, -0.2) is 74.8 Å². The first-order chi connectivity index (χ1) is 61.2. The summed E-state index contributed by atoms with van der Waals surface area (Å²) >= 11 is 5.72. The molecule has 0 aliphatic carbocycles. The molecule has 6 aliphatic rings. The summed E-state index contributed by atoms with van der Waals surface area (Å²) in [5.74, 6) is 8.76. The number of nitrogens with zero attached hydrogens (tertiary/aromatic N) is 32. The van der Waals surface area contributed by atoms with Gasteiger partial charge in [-0.15, -0.1) is 10.2 Å². The lowest BCUT2D eigenvalue weighted by Gasteiger charge is -2.34. The van der Waals surface area contributed by atoms with Gasteiger partial charge in [-0.1, -0.05) is 97.1 Å². The summed E-state index contributed by atoms with van der Waals surface area (Å²) in [6, 6.07) is 41.1. The van der Waals surface area contributed by atoms with Crippen molar-refractivity contribution >= 4 is 94.1 Å². The Balaban J connectivity index is 0.000000117. The first-order valence-electron chi connectivity index (χ1n) is 41.3. The van der Waals surface area contributed by atoms with Crippen molar-refractivity contribution in [3.63, 3.8) is 0 Å². The van der Waals surface area contributed by atoms with Gasteiger partial charge in [0.1, 0.15) is 37.0 Å². The van der Waals surface area contributed by atoms with E-state index in [-0.39, 0.29) is 11.4 Å². The van der Waals surface area contributed by atoms with Gasteiger partial charge in [-0.2, -0.15) is 30.1 Å². The third kappa shape index (κ3) is 22.8. The van der Waals surface area contributed by atoms with Crippen molar-refractivity contribution < 1.29 is 4.74 Å². The van der Waals surface area contributed by atoms with Gasteiger partial charge in [0.2, 0.25) is 64.8 Å². The van der Waals surface area contributed by atoms with Crippen molar-refractivity contribution in [3.05, 3.63) is 259 Å². The molecule has 6 N–H and O–H groups in total. The highest BCUT2D eigenvalue weighted by molar-refractivity contribution is 6.28. The maximum atomic E-state index is 5.73. The lowest BCUT2D eigenvalue weighted by atomic mass is 10.0. The first kappa shape index (κ1) is 81.9. The van der Waals surface area contributed by atoms with E-state index >= 15 is 0 Å². The fourth-order valence-electron chi connectivity index (χ4n) is 14.8. The van der Waals surface area contributed by atoms with E-state index in [9.17, 15) is 0 Å². The highest BCUT2D eigenvalue weighted by Crippen LogP contribution is 2.26. The van der Waals surface area contributed by atoms with E-state index < -0.39 is 0 Å². The molecule has 0 unspecified atom stereocenters. The van der Waals surface area contributed by atoms with Crippen LogP contribution in [-0.4, -0.2) is 262 Å². The second-order valence-corrected chi connectivity index (χ2v) is 30.1. The molecule has 5 fully saturated rings. The first-order valence-corrected chi connectivity index (χ1v) is 41.7. The molecule has 632 valence electrons. The minimum Gasteiger partial charge on any atom is -0.374 e. The van der Waals surface area contributed by atoms with Crippen molar-refractivity contribution in [1.82, 2.24) is 136 Å². The maximum Gasteiger partial charge on any atom is 0.243 e. The van der Waals surface area contributed by atoms with Gasteiger partial charge in [0.25, 0.3) is 0 Å². The fourth-order valence-corrected chi connectivity index (χ4v) is 14.8. The molecule has 40 heteroatoms. The topological polar surface area (TPSA) is 412 Å². The quantitative estimate of drug-likeness (QED) is 0.0418. The smallest absolute Gasteiger partial charge is 0.243 e. The van der Waals surface area contributed by atoms with Crippen LogP contribution in [0, 0.1) is 0 Å². The van der Waals surface area contributed by atoms with E-state index in [1.165, 1.54) is 40.5 Å². The number of ether oxygens (including phenoxy) is 1.